The summed E-state index contributed by atoms with van der Waals surface area (Å²) in [5.74, 6) is 5.42. The average molecular weight is 448 g/mol. The normalized spacial score (nSPS) is 25.5. The van der Waals surface area contributed by atoms with Crippen molar-refractivity contribution in [3.8, 4) is 17.9 Å². The van der Waals surface area contributed by atoms with Gasteiger partial charge in [0, 0.05) is 37.3 Å². The van der Waals surface area contributed by atoms with Crippen LogP contribution in [0.2, 0.25) is 0 Å². The molecule has 8 heteroatoms. The largest absolute Gasteiger partial charge is 0.378 e. The zero-order chi connectivity index (χ0) is 23.3. The molecule has 4 rings (SSSR count). The molecule has 0 spiro atoms. The number of nitrogens with two attached hydrogens (primary N) is 1. The molecule has 2 N–H and O–H groups in total. The van der Waals surface area contributed by atoms with Gasteiger partial charge in [0.25, 0.3) is 0 Å². The van der Waals surface area contributed by atoms with Gasteiger partial charge < -0.3 is 10.6 Å². The summed E-state index contributed by atoms with van der Waals surface area (Å²) >= 11 is 1.27. The summed E-state index contributed by atoms with van der Waals surface area (Å²) in [6.07, 6.45) is 2.05. The third-order valence-electron chi connectivity index (χ3n) is 6.03. The standard InChI is InChI=1S/C24H22FN5OS/c1-14-9-16(12-26)13-28-19(14)8-6-15-5-7-18(25)17(10-15)23(2)20-11-24(20,21(31)30(3)4)32-22(27)29-23/h5,7,9-10,13,20H,11H2,1-4H3,(H2,27,29)/t20-,23+,24-/m0/s1. The van der Waals surface area contributed by atoms with E-state index in [-0.39, 0.29) is 17.0 Å². The number of aliphatic imine (C=N–C) groups is 1. The van der Waals surface area contributed by atoms with Crippen molar-refractivity contribution in [2.45, 2.75) is 30.6 Å². The van der Waals surface area contributed by atoms with Crippen molar-refractivity contribution in [2.75, 3.05) is 14.1 Å². The molecule has 1 aliphatic heterocycles. The number of carbonyl (C=O) groups is 1. The average Bonchev–Trinajstić information content (AvgIpc) is 3.49. The second-order valence-corrected chi connectivity index (χ2v) is 9.84. The van der Waals surface area contributed by atoms with E-state index in [2.05, 4.69) is 21.8 Å². The van der Waals surface area contributed by atoms with Crippen LogP contribution in [0.15, 0.2) is 35.5 Å². The maximum Gasteiger partial charge on any atom is 0.239 e. The number of pyridine rings is 1. The number of fused-ring (bicyclic) bond motifs is 1. The van der Waals surface area contributed by atoms with Gasteiger partial charge in [0.2, 0.25) is 5.91 Å². The fraction of sp³-hybridized carbons (Fsp3) is 0.333. The molecular formula is C24H22FN5OS. The summed E-state index contributed by atoms with van der Waals surface area (Å²) in [4.78, 5) is 23.2. The number of thioether (sulfide) groups is 1. The Balaban J connectivity index is 1.72. The molecule has 0 unspecified atom stereocenters. The third kappa shape index (κ3) is 3.51. The zero-order valence-electron chi connectivity index (χ0n) is 18.2. The maximum absolute atomic E-state index is 15.0. The van der Waals surface area contributed by atoms with Gasteiger partial charge in [0.1, 0.15) is 22.3 Å². The first-order chi connectivity index (χ1) is 15.1. The minimum absolute atomic E-state index is 0.0321. The zero-order valence-corrected chi connectivity index (χ0v) is 19.0. The molecule has 3 atom stereocenters. The summed E-state index contributed by atoms with van der Waals surface area (Å²) in [5, 5.41) is 9.27. The highest BCUT2D eigenvalue weighted by atomic mass is 32.2. The van der Waals surface area contributed by atoms with Gasteiger partial charge in [-0.1, -0.05) is 17.7 Å². The van der Waals surface area contributed by atoms with Crippen LogP contribution in [0.5, 0.6) is 0 Å². The van der Waals surface area contributed by atoms with E-state index in [9.17, 15) is 4.79 Å². The molecule has 1 aliphatic carbocycles. The van der Waals surface area contributed by atoms with Crippen molar-refractivity contribution in [3.63, 3.8) is 0 Å². The first-order valence-corrected chi connectivity index (χ1v) is 10.9. The van der Waals surface area contributed by atoms with E-state index in [4.69, 9.17) is 11.0 Å². The SMILES string of the molecule is Cc1cc(C#N)cnc1C#Cc1ccc(F)c([C@@]2(C)N=C(N)S[C@@]3(C(=O)N(C)C)C[C@H]32)c1. The van der Waals surface area contributed by atoms with Crippen molar-refractivity contribution >= 4 is 22.8 Å². The lowest BCUT2D eigenvalue weighted by atomic mass is 9.84. The minimum Gasteiger partial charge on any atom is -0.378 e. The second kappa shape index (κ2) is 7.65. The van der Waals surface area contributed by atoms with Crippen molar-refractivity contribution in [3.05, 3.63) is 64.2 Å². The molecule has 2 aromatic rings. The Bertz CT molecular complexity index is 1270. The number of rotatable bonds is 2. The van der Waals surface area contributed by atoms with Crippen LogP contribution in [0.1, 0.15) is 41.3 Å². The first-order valence-electron chi connectivity index (χ1n) is 10.1. The maximum atomic E-state index is 15.0. The molecule has 32 heavy (non-hydrogen) atoms. The molecule has 0 saturated heterocycles. The van der Waals surface area contributed by atoms with E-state index in [0.717, 1.165) is 5.56 Å². The smallest absolute Gasteiger partial charge is 0.239 e. The number of nitriles is 1. The Morgan fingerprint density at radius 3 is 2.72 bits per heavy atom. The van der Waals surface area contributed by atoms with Crippen molar-refractivity contribution in [2.24, 2.45) is 16.6 Å². The number of halogens is 1. The van der Waals surface area contributed by atoms with Crippen LogP contribution in [0.4, 0.5) is 4.39 Å². The van der Waals surface area contributed by atoms with E-state index >= 15 is 4.39 Å². The Hall–Kier alpha value is -3.36. The van der Waals surface area contributed by atoms with Crippen LogP contribution < -0.4 is 5.73 Å². The van der Waals surface area contributed by atoms with E-state index < -0.39 is 16.1 Å². The van der Waals surface area contributed by atoms with Gasteiger partial charge >= 0.3 is 0 Å². The van der Waals surface area contributed by atoms with Crippen molar-refractivity contribution < 1.29 is 9.18 Å². The molecule has 1 saturated carbocycles. The van der Waals surface area contributed by atoms with E-state index in [1.807, 2.05) is 19.9 Å². The van der Waals surface area contributed by atoms with Gasteiger partial charge in [-0.3, -0.25) is 9.79 Å². The molecule has 2 aliphatic rings. The number of aryl methyl sites for hydroxylation is 1. The van der Waals surface area contributed by atoms with Gasteiger partial charge in [0.05, 0.1) is 11.1 Å². The highest BCUT2D eigenvalue weighted by molar-refractivity contribution is 8.15. The predicted octanol–water partition coefficient (Wildman–Crippen LogP) is 2.92. The van der Waals surface area contributed by atoms with E-state index in [1.54, 1.807) is 37.2 Å². The molecule has 1 fully saturated rings. The quantitative estimate of drug-likeness (QED) is 0.715. The van der Waals surface area contributed by atoms with Crippen molar-refractivity contribution in [1.82, 2.24) is 9.88 Å². The van der Waals surface area contributed by atoms with E-state index in [1.165, 1.54) is 24.0 Å². The molecular weight excluding hydrogens is 425 g/mol. The molecule has 162 valence electrons. The predicted molar refractivity (Wildman–Crippen MR) is 122 cm³/mol. The lowest BCUT2D eigenvalue weighted by molar-refractivity contribution is -0.129. The summed E-state index contributed by atoms with van der Waals surface area (Å²) in [6.45, 7) is 3.66. The fourth-order valence-corrected chi connectivity index (χ4v) is 5.82. The molecule has 1 aromatic heterocycles. The number of benzene rings is 1. The summed E-state index contributed by atoms with van der Waals surface area (Å²) in [5.41, 5.74) is 7.93. The van der Waals surface area contributed by atoms with Gasteiger partial charge in [-0.05, 0) is 56.0 Å². The molecule has 6 nitrogen and oxygen atoms in total. The summed E-state index contributed by atoms with van der Waals surface area (Å²) < 4.78 is 14.3. The Morgan fingerprint density at radius 2 is 2.06 bits per heavy atom. The summed E-state index contributed by atoms with van der Waals surface area (Å²) in [6, 6.07) is 8.42. The first kappa shape index (κ1) is 21.9. The van der Waals surface area contributed by atoms with Gasteiger partial charge in [0.15, 0.2) is 5.17 Å². The van der Waals surface area contributed by atoms with Crippen LogP contribution in [0, 0.1) is 41.8 Å². The summed E-state index contributed by atoms with van der Waals surface area (Å²) in [7, 11) is 3.42. The molecule has 0 bridgehead atoms. The van der Waals surface area contributed by atoms with Crippen molar-refractivity contribution in [1.29, 1.82) is 5.26 Å². The minimum atomic E-state index is -0.967. The van der Waals surface area contributed by atoms with Crippen LogP contribution in [-0.2, 0) is 10.3 Å². The van der Waals surface area contributed by atoms with Crippen LogP contribution in [0.25, 0.3) is 0 Å². The van der Waals surface area contributed by atoms with Crippen LogP contribution in [0.3, 0.4) is 0 Å². The third-order valence-corrected chi connectivity index (χ3v) is 7.32. The number of nitrogens with zero attached hydrogens (tertiary/aromatic N) is 4. The Morgan fingerprint density at radius 1 is 1.31 bits per heavy atom. The highest BCUT2D eigenvalue weighted by Gasteiger charge is 2.71. The second-order valence-electron chi connectivity index (χ2n) is 8.49. The number of amidine groups is 1. The fourth-order valence-electron chi connectivity index (χ4n) is 4.32. The lowest BCUT2D eigenvalue weighted by Crippen LogP contribution is -2.43. The number of hydrogen-bond acceptors (Lipinski definition) is 6. The van der Waals surface area contributed by atoms with Gasteiger partial charge in [-0.15, -0.1) is 0 Å². The highest BCUT2D eigenvalue weighted by Crippen LogP contribution is 2.66. The number of aromatic nitrogens is 1. The topological polar surface area (TPSA) is 95.4 Å². The Labute approximate surface area is 190 Å². The molecule has 1 aromatic carbocycles. The number of carbonyl (C=O) groups excluding carboxylic acids is 1. The van der Waals surface area contributed by atoms with Gasteiger partial charge in [-0.25, -0.2) is 9.37 Å². The molecule has 1 amide bonds. The monoisotopic (exact) mass is 447 g/mol. The molecule has 2 heterocycles. The number of amides is 1. The van der Waals surface area contributed by atoms with E-state index in [0.29, 0.717) is 28.8 Å². The lowest BCUT2D eigenvalue weighted by Gasteiger charge is -2.34. The van der Waals surface area contributed by atoms with Crippen LogP contribution in [-0.4, -0.2) is 39.8 Å². The van der Waals surface area contributed by atoms with Crippen LogP contribution >= 0.6 is 11.8 Å². The Kier molecular flexibility index (Phi) is 5.22. The molecule has 0 radical (unpaired) electrons. The van der Waals surface area contributed by atoms with Gasteiger partial charge in [-0.2, -0.15) is 5.26 Å². The number of hydrogen-bond donors (Lipinski definition) is 1.